The highest BCUT2D eigenvalue weighted by Crippen LogP contribution is 2.28. The number of likely N-dealkylation sites (tertiary alicyclic amines) is 1. The van der Waals surface area contributed by atoms with E-state index < -0.39 is 0 Å². The largest absolute Gasteiger partial charge is 0.396 e. The fraction of sp³-hybridized carbons (Fsp3) is 1.00. The zero-order valence-corrected chi connectivity index (χ0v) is 8.61. The van der Waals surface area contributed by atoms with Crippen molar-refractivity contribution < 1.29 is 9.84 Å². The van der Waals surface area contributed by atoms with Crippen LogP contribution in [0.15, 0.2) is 0 Å². The van der Waals surface area contributed by atoms with Gasteiger partial charge in [0.25, 0.3) is 0 Å². The number of hydrogen-bond donors (Lipinski definition) is 2. The molecule has 2 saturated heterocycles. The summed E-state index contributed by atoms with van der Waals surface area (Å²) in [5.74, 6) is 0. The van der Waals surface area contributed by atoms with Crippen LogP contribution in [0, 0.1) is 5.41 Å². The summed E-state index contributed by atoms with van der Waals surface area (Å²) in [4.78, 5) is 2.37. The van der Waals surface area contributed by atoms with Crippen LogP contribution in [0.5, 0.6) is 0 Å². The second-order valence-electron chi connectivity index (χ2n) is 4.79. The van der Waals surface area contributed by atoms with E-state index in [1.165, 1.54) is 6.42 Å². The fourth-order valence-electron chi connectivity index (χ4n) is 2.33. The Bertz CT molecular complexity index is 189. The number of aliphatic hydroxyl groups is 1. The maximum atomic E-state index is 9.30. The highest BCUT2D eigenvalue weighted by atomic mass is 16.5. The molecule has 2 aliphatic rings. The molecular formula is C10H20N2O2. The van der Waals surface area contributed by atoms with Crippen molar-refractivity contribution in [1.29, 1.82) is 0 Å². The van der Waals surface area contributed by atoms with Gasteiger partial charge in [0.2, 0.25) is 0 Å². The summed E-state index contributed by atoms with van der Waals surface area (Å²) in [6.07, 6.45) is 2.32. The average Bonchev–Trinajstić information content (AvgIpc) is 2.11. The molecule has 1 unspecified atom stereocenters. The molecule has 82 valence electrons. The van der Waals surface area contributed by atoms with Crippen molar-refractivity contribution in [3.8, 4) is 0 Å². The van der Waals surface area contributed by atoms with Gasteiger partial charge in [0.15, 0.2) is 0 Å². The van der Waals surface area contributed by atoms with E-state index in [1.54, 1.807) is 0 Å². The molecule has 3 N–H and O–H groups in total. The Hall–Kier alpha value is -0.160. The third-order valence-corrected chi connectivity index (χ3v) is 3.25. The van der Waals surface area contributed by atoms with Crippen LogP contribution in [0.2, 0.25) is 0 Å². The van der Waals surface area contributed by atoms with E-state index in [-0.39, 0.29) is 12.0 Å². The van der Waals surface area contributed by atoms with E-state index in [0.29, 0.717) is 19.3 Å². The zero-order valence-electron chi connectivity index (χ0n) is 8.61. The van der Waals surface area contributed by atoms with Gasteiger partial charge in [-0.3, -0.25) is 0 Å². The van der Waals surface area contributed by atoms with Crippen molar-refractivity contribution in [2.75, 3.05) is 39.5 Å². The van der Waals surface area contributed by atoms with Gasteiger partial charge in [-0.25, -0.2) is 0 Å². The molecule has 0 aromatic carbocycles. The minimum absolute atomic E-state index is 0.0110. The molecule has 0 aromatic rings. The Morgan fingerprint density at radius 2 is 2.29 bits per heavy atom. The lowest BCUT2D eigenvalue weighted by molar-refractivity contribution is -0.149. The van der Waals surface area contributed by atoms with Crippen LogP contribution in [0.1, 0.15) is 12.8 Å². The van der Waals surface area contributed by atoms with Crippen LogP contribution in [0.25, 0.3) is 0 Å². The first-order chi connectivity index (χ1) is 6.74. The quantitative estimate of drug-likeness (QED) is 0.640. The number of rotatable bonds is 3. The van der Waals surface area contributed by atoms with Gasteiger partial charge in [0.05, 0.1) is 25.2 Å². The van der Waals surface area contributed by atoms with Crippen molar-refractivity contribution >= 4 is 0 Å². The highest BCUT2D eigenvalue weighted by Gasteiger charge is 2.40. The van der Waals surface area contributed by atoms with Gasteiger partial charge in [-0.15, -0.1) is 0 Å². The third-order valence-electron chi connectivity index (χ3n) is 3.25. The van der Waals surface area contributed by atoms with Crippen molar-refractivity contribution in [2.45, 2.75) is 18.9 Å². The smallest absolute Gasteiger partial charge is 0.0579 e. The summed E-state index contributed by atoms with van der Waals surface area (Å²) < 4.78 is 5.18. The van der Waals surface area contributed by atoms with Crippen LogP contribution < -0.4 is 5.73 Å². The minimum Gasteiger partial charge on any atom is -0.396 e. The molecule has 2 aliphatic heterocycles. The van der Waals surface area contributed by atoms with Crippen LogP contribution in [-0.2, 0) is 4.74 Å². The van der Waals surface area contributed by atoms with Gasteiger partial charge in [0.1, 0.15) is 0 Å². The van der Waals surface area contributed by atoms with Gasteiger partial charge in [0, 0.05) is 19.1 Å². The van der Waals surface area contributed by atoms with E-state index in [4.69, 9.17) is 10.5 Å². The number of nitrogens with zero attached hydrogens (tertiary/aromatic N) is 1. The molecule has 0 aromatic heterocycles. The number of aliphatic hydroxyl groups excluding tert-OH is 1. The summed E-state index contributed by atoms with van der Waals surface area (Å²) in [7, 11) is 0. The number of nitrogens with two attached hydrogens (primary N) is 1. The molecule has 14 heavy (non-hydrogen) atoms. The predicted octanol–water partition coefficient (Wildman–Crippen LogP) is -0.582. The summed E-state index contributed by atoms with van der Waals surface area (Å²) >= 11 is 0. The molecular weight excluding hydrogens is 180 g/mol. The molecule has 4 nitrogen and oxygen atoms in total. The average molecular weight is 200 g/mol. The lowest BCUT2D eigenvalue weighted by atomic mass is 9.85. The van der Waals surface area contributed by atoms with Crippen molar-refractivity contribution in [1.82, 2.24) is 4.90 Å². The molecule has 0 saturated carbocycles. The van der Waals surface area contributed by atoms with Gasteiger partial charge in [-0.2, -0.15) is 0 Å². The molecule has 4 heteroatoms. The molecule has 0 radical (unpaired) electrons. The van der Waals surface area contributed by atoms with Crippen molar-refractivity contribution in [3.63, 3.8) is 0 Å². The Labute approximate surface area is 85.0 Å². The van der Waals surface area contributed by atoms with Gasteiger partial charge >= 0.3 is 0 Å². The molecule has 0 amide bonds. The number of piperidine rings is 1. The summed E-state index contributed by atoms with van der Waals surface area (Å²) in [5.41, 5.74) is 5.92. The van der Waals surface area contributed by atoms with Crippen LogP contribution in [-0.4, -0.2) is 55.5 Å². The van der Waals surface area contributed by atoms with E-state index in [1.807, 2.05) is 0 Å². The molecule has 2 heterocycles. The predicted molar refractivity (Wildman–Crippen MR) is 54.0 cm³/mol. The van der Waals surface area contributed by atoms with Gasteiger partial charge in [-0.1, -0.05) is 0 Å². The van der Waals surface area contributed by atoms with Crippen molar-refractivity contribution in [2.24, 2.45) is 11.1 Å². The van der Waals surface area contributed by atoms with Crippen LogP contribution in [0.3, 0.4) is 0 Å². The van der Waals surface area contributed by atoms with Gasteiger partial charge < -0.3 is 20.5 Å². The lowest BCUT2D eigenvalue weighted by Crippen LogP contribution is -2.56. The maximum absolute atomic E-state index is 9.30. The molecule has 0 bridgehead atoms. The molecule has 0 aliphatic carbocycles. The maximum Gasteiger partial charge on any atom is 0.0579 e. The highest BCUT2D eigenvalue weighted by molar-refractivity contribution is 4.90. The van der Waals surface area contributed by atoms with E-state index in [0.717, 1.165) is 26.1 Å². The Morgan fingerprint density at radius 1 is 1.50 bits per heavy atom. The topological polar surface area (TPSA) is 58.7 Å². The zero-order chi connectivity index (χ0) is 10.0. The molecule has 2 fully saturated rings. The third kappa shape index (κ3) is 2.08. The van der Waals surface area contributed by atoms with E-state index in [9.17, 15) is 5.11 Å². The first-order valence-electron chi connectivity index (χ1n) is 5.41. The molecule has 1 atom stereocenters. The second-order valence-corrected chi connectivity index (χ2v) is 4.79. The van der Waals surface area contributed by atoms with E-state index >= 15 is 0 Å². The first kappa shape index (κ1) is 10.4. The summed E-state index contributed by atoms with van der Waals surface area (Å²) in [6, 6.07) is 0.320. The minimum atomic E-state index is 0.0110. The SMILES string of the molecule is NC1CCCN(CC2(CO)COC2)C1. The lowest BCUT2D eigenvalue weighted by Gasteiger charge is -2.44. The van der Waals surface area contributed by atoms with Crippen LogP contribution in [0.4, 0.5) is 0 Å². The Morgan fingerprint density at radius 3 is 2.79 bits per heavy atom. The number of hydrogen-bond acceptors (Lipinski definition) is 4. The second kappa shape index (κ2) is 4.14. The molecule has 2 rings (SSSR count). The summed E-state index contributed by atoms with van der Waals surface area (Å²) in [5, 5.41) is 9.30. The van der Waals surface area contributed by atoms with Crippen molar-refractivity contribution in [3.05, 3.63) is 0 Å². The first-order valence-corrected chi connectivity index (χ1v) is 5.41. The standard InChI is InChI=1S/C10H20N2O2/c11-9-2-1-3-12(4-9)5-10(6-13)7-14-8-10/h9,13H,1-8,11H2. The number of ether oxygens (including phenoxy) is 1. The molecule has 0 spiro atoms. The van der Waals surface area contributed by atoms with E-state index in [2.05, 4.69) is 4.90 Å². The normalized spacial score (nSPS) is 32.6. The Balaban J connectivity index is 1.83. The Kier molecular flexibility index (Phi) is 3.07. The van der Waals surface area contributed by atoms with Crippen LogP contribution >= 0.6 is 0 Å². The monoisotopic (exact) mass is 200 g/mol. The fourth-order valence-corrected chi connectivity index (χ4v) is 2.33. The summed E-state index contributed by atoms with van der Waals surface area (Å²) in [6.45, 7) is 4.68. The van der Waals surface area contributed by atoms with Gasteiger partial charge in [-0.05, 0) is 19.4 Å².